The minimum atomic E-state index is 0.355. The first-order chi connectivity index (χ1) is 6.29. The van der Waals surface area contributed by atoms with E-state index in [0.29, 0.717) is 17.4 Å². The molecule has 0 fully saturated rings. The van der Waals surface area contributed by atoms with Crippen molar-refractivity contribution in [1.82, 2.24) is 15.4 Å². The summed E-state index contributed by atoms with van der Waals surface area (Å²) in [5, 5.41) is 11.3. The number of aromatic nitrogens is 3. The van der Waals surface area contributed by atoms with Crippen LogP contribution in [0.1, 0.15) is 5.69 Å². The molecule has 0 unspecified atom stereocenters. The first-order valence-electron chi connectivity index (χ1n) is 3.86. The lowest BCUT2D eigenvalue weighted by Crippen LogP contribution is -2.10. The van der Waals surface area contributed by atoms with E-state index in [9.17, 15) is 0 Å². The number of hydrogen-bond acceptors (Lipinski definition) is 5. The van der Waals surface area contributed by atoms with Crippen molar-refractivity contribution in [2.24, 2.45) is 0 Å². The summed E-state index contributed by atoms with van der Waals surface area (Å²) in [4.78, 5) is 0. The van der Waals surface area contributed by atoms with Crippen LogP contribution < -0.4 is 5.79 Å². The van der Waals surface area contributed by atoms with Gasteiger partial charge in [0.2, 0.25) is 13.0 Å². The van der Waals surface area contributed by atoms with E-state index in [1.54, 1.807) is 13.3 Å². The molecular formula is C7H7BN3O2. The molecular weight excluding hydrogens is 169 g/mol. The minimum Gasteiger partial charge on any atom is -0.429 e. The van der Waals surface area contributed by atoms with Gasteiger partial charge >= 0.3 is 0 Å². The molecule has 0 aliphatic heterocycles. The SMILES string of the molecule is C[B]c1nnc(-c2cc(C)no2)o1. The van der Waals surface area contributed by atoms with E-state index in [1.807, 2.05) is 13.7 Å². The monoisotopic (exact) mass is 176 g/mol. The molecule has 0 bridgehead atoms. The van der Waals surface area contributed by atoms with Gasteiger partial charge in [-0.3, -0.25) is 0 Å². The molecule has 0 amide bonds. The highest BCUT2D eigenvalue weighted by atomic mass is 16.5. The van der Waals surface area contributed by atoms with Gasteiger partial charge < -0.3 is 8.94 Å². The van der Waals surface area contributed by atoms with Crippen molar-refractivity contribution in [3.8, 4) is 11.7 Å². The van der Waals surface area contributed by atoms with E-state index in [4.69, 9.17) is 8.94 Å². The first-order valence-corrected chi connectivity index (χ1v) is 3.86. The van der Waals surface area contributed by atoms with Crippen LogP contribution in [0.4, 0.5) is 0 Å². The summed E-state index contributed by atoms with van der Waals surface area (Å²) < 4.78 is 10.2. The molecule has 13 heavy (non-hydrogen) atoms. The highest BCUT2D eigenvalue weighted by molar-refractivity contribution is 6.48. The molecule has 65 valence electrons. The summed E-state index contributed by atoms with van der Waals surface area (Å²) in [6, 6.07) is 1.74. The molecule has 5 nitrogen and oxygen atoms in total. The Morgan fingerprint density at radius 1 is 1.38 bits per heavy atom. The second-order valence-electron chi connectivity index (χ2n) is 2.57. The van der Waals surface area contributed by atoms with Gasteiger partial charge in [-0.05, 0) is 6.92 Å². The molecule has 2 heterocycles. The lowest BCUT2D eigenvalue weighted by molar-refractivity contribution is 0.413. The van der Waals surface area contributed by atoms with Crippen molar-refractivity contribution in [1.29, 1.82) is 0 Å². The Labute approximate surface area is 75.4 Å². The lowest BCUT2D eigenvalue weighted by Gasteiger charge is -1.82. The molecule has 2 aromatic rings. The van der Waals surface area contributed by atoms with Crippen LogP contribution >= 0.6 is 0 Å². The van der Waals surface area contributed by atoms with Crippen LogP contribution in [0.5, 0.6) is 0 Å². The fraction of sp³-hybridized carbons (Fsp3) is 0.286. The smallest absolute Gasteiger partial charge is 0.285 e. The van der Waals surface area contributed by atoms with Gasteiger partial charge in [0.05, 0.1) is 5.69 Å². The molecule has 2 aromatic heterocycles. The fourth-order valence-corrected chi connectivity index (χ4v) is 0.915. The number of aryl methyl sites for hydroxylation is 1. The van der Waals surface area contributed by atoms with Gasteiger partial charge in [0.1, 0.15) is 0 Å². The lowest BCUT2D eigenvalue weighted by atomic mass is 9.83. The summed E-state index contributed by atoms with van der Waals surface area (Å²) in [5.41, 5.74) is 0.787. The Morgan fingerprint density at radius 3 is 2.77 bits per heavy atom. The predicted octanol–water partition coefficient (Wildman–Crippen LogP) is 0.411. The maximum Gasteiger partial charge on any atom is 0.285 e. The second kappa shape index (κ2) is 3.04. The van der Waals surface area contributed by atoms with Gasteiger partial charge in [0, 0.05) is 6.07 Å². The third kappa shape index (κ3) is 1.47. The third-order valence-electron chi connectivity index (χ3n) is 1.53. The van der Waals surface area contributed by atoms with Crippen LogP contribution in [0.25, 0.3) is 11.7 Å². The van der Waals surface area contributed by atoms with Gasteiger partial charge in [-0.15, -0.1) is 10.2 Å². The second-order valence-corrected chi connectivity index (χ2v) is 2.57. The zero-order valence-corrected chi connectivity index (χ0v) is 7.31. The molecule has 1 radical (unpaired) electrons. The van der Waals surface area contributed by atoms with Crippen molar-refractivity contribution in [2.45, 2.75) is 13.7 Å². The van der Waals surface area contributed by atoms with Gasteiger partial charge in [-0.25, -0.2) is 0 Å². The van der Waals surface area contributed by atoms with Crippen molar-refractivity contribution >= 4 is 13.1 Å². The van der Waals surface area contributed by atoms with Crippen molar-refractivity contribution in [3.05, 3.63) is 11.8 Å². The summed E-state index contributed by atoms with van der Waals surface area (Å²) >= 11 is 0. The van der Waals surface area contributed by atoms with Gasteiger partial charge in [-0.2, -0.15) is 0 Å². The Hall–Kier alpha value is -1.59. The molecule has 0 aromatic carbocycles. The Balaban J connectivity index is 2.35. The van der Waals surface area contributed by atoms with Crippen LogP contribution in [0.3, 0.4) is 0 Å². The van der Waals surface area contributed by atoms with Crippen LogP contribution in [0, 0.1) is 6.92 Å². The topological polar surface area (TPSA) is 65.0 Å². The normalized spacial score (nSPS) is 10.3. The largest absolute Gasteiger partial charge is 0.429 e. The van der Waals surface area contributed by atoms with Crippen LogP contribution in [-0.4, -0.2) is 22.6 Å². The summed E-state index contributed by atoms with van der Waals surface area (Å²) in [5.74, 6) is 1.33. The highest BCUT2D eigenvalue weighted by Gasteiger charge is 2.11. The predicted molar refractivity (Wildman–Crippen MR) is 45.8 cm³/mol. The summed E-state index contributed by atoms with van der Waals surface area (Å²) in [6.07, 6.45) is 0. The van der Waals surface area contributed by atoms with Crippen molar-refractivity contribution in [3.63, 3.8) is 0 Å². The Bertz CT molecular complexity index is 409. The quantitative estimate of drug-likeness (QED) is 0.620. The molecule has 0 spiro atoms. The van der Waals surface area contributed by atoms with E-state index in [1.165, 1.54) is 0 Å². The molecule has 0 saturated carbocycles. The van der Waals surface area contributed by atoms with Crippen LogP contribution in [0.15, 0.2) is 15.0 Å². The van der Waals surface area contributed by atoms with E-state index in [-0.39, 0.29) is 0 Å². The molecule has 0 N–H and O–H groups in total. The summed E-state index contributed by atoms with van der Waals surface area (Å²) in [7, 11) is 1.72. The molecule has 0 atom stereocenters. The van der Waals surface area contributed by atoms with E-state index in [0.717, 1.165) is 5.69 Å². The standard InChI is InChI=1S/C7H7BN3O2/c1-4-3-5(13-11-4)6-9-10-7(8-2)12-6/h3H,1-2H3. The van der Waals surface area contributed by atoms with Crippen LogP contribution in [-0.2, 0) is 0 Å². The van der Waals surface area contributed by atoms with Crippen LogP contribution in [0.2, 0.25) is 6.82 Å². The number of nitrogens with zero attached hydrogens (tertiary/aromatic N) is 3. The minimum absolute atomic E-state index is 0.355. The molecule has 2 rings (SSSR count). The number of rotatable bonds is 2. The Kier molecular flexibility index (Phi) is 1.88. The van der Waals surface area contributed by atoms with Crippen molar-refractivity contribution in [2.75, 3.05) is 0 Å². The fourth-order valence-electron chi connectivity index (χ4n) is 0.915. The molecule has 6 heteroatoms. The maximum atomic E-state index is 5.22. The molecule has 0 aliphatic rings. The van der Waals surface area contributed by atoms with E-state index in [2.05, 4.69) is 15.4 Å². The van der Waals surface area contributed by atoms with Gasteiger partial charge in [-0.1, -0.05) is 12.0 Å². The van der Waals surface area contributed by atoms with Crippen molar-refractivity contribution < 1.29 is 8.94 Å². The van der Waals surface area contributed by atoms with E-state index < -0.39 is 0 Å². The average Bonchev–Trinajstić information content (AvgIpc) is 2.71. The summed E-state index contributed by atoms with van der Waals surface area (Å²) in [6.45, 7) is 3.65. The first kappa shape index (κ1) is 8.03. The highest BCUT2D eigenvalue weighted by Crippen LogP contribution is 2.15. The van der Waals surface area contributed by atoms with Gasteiger partial charge in [0.15, 0.2) is 5.79 Å². The maximum absolute atomic E-state index is 5.22. The zero-order chi connectivity index (χ0) is 9.26. The average molecular weight is 176 g/mol. The van der Waals surface area contributed by atoms with E-state index >= 15 is 0 Å². The Morgan fingerprint density at radius 2 is 2.23 bits per heavy atom. The zero-order valence-electron chi connectivity index (χ0n) is 7.31. The number of hydrogen-bond donors (Lipinski definition) is 0. The molecule has 0 saturated heterocycles. The third-order valence-corrected chi connectivity index (χ3v) is 1.53. The van der Waals surface area contributed by atoms with Gasteiger partial charge in [0.25, 0.3) is 5.89 Å². The molecule has 0 aliphatic carbocycles.